The first-order valence-electron chi connectivity index (χ1n) is 11.2. The van der Waals surface area contributed by atoms with Gasteiger partial charge in [-0.25, -0.2) is 4.98 Å². The van der Waals surface area contributed by atoms with Crippen LogP contribution in [0.15, 0.2) is 53.7 Å². The van der Waals surface area contributed by atoms with Crippen molar-refractivity contribution in [2.75, 3.05) is 51.2 Å². The summed E-state index contributed by atoms with van der Waals surface area (Å²) in [4.78, 5) is 25.4. The van der Waals surface area contributed by atoms with E-state index in [-0.39, 0.29) is 12.0 Å². The fourth-order valence-corrected chi connectivity index (χ4v) is 3.58. The van der Waals surface area contributed by atoms with Crippen molar-refractivity contribution in [2.24, 2.45) is 4.99 Å². The Morgan fingerprint density at radius 1 is 1.12 bits per heavy atom. The van der Waals surface area contributed by atoms with Crippen LogP contribution < -0.4 is 20.3 Å². The van der Waals surface area contributed by atoms with Crippen LogP contribution in [-0.4, -0.2) is 74.2 Å². The minimum absolute atomic E-state index is 0.0216. The number of nitrogens with zero attached hydrogens (tertiary/aromatic N) is 4. The summed E-state index contributed by atoms with van der Waals surface area (Å²) in [5, 5.41) is 6.48. The molecule has 0 aliphatic carbocycles. The average molecular weight is 439 g/mol. The maximum atomic E-state index is 12.6. The van der Waals surface area contributed by atoms with E-state index in [1.807, 2.05) is 61.2 Å². The smallest absolute Gasteiger partial charge is 0.224 e. The van der Waals surface area contributed by atoms with Gasteiger partial charge in [-0.1, -0.05) is 24.3 Å². The summed E-state index contributed by atoms with van der Waals surface area (Å²) < 4.78 is 5.99. The number of hydrogen-bond acceptors (Lipinski definition) is 5. The summed E-state index contributed by atoms with van der Waals surface area (Å²) in [5.74, 6) is 2.68. The number of aliphatic imine (C=N–C) groups is 1. The topological polar surface area (TPSA) is 82.1 Å². The number of amides is 1. The van der Waals surface area contributed by atoms with E-state index >= 15 is 0 Å². The number of piperazine rings is 1. The van der Waals surface area contributed by atoms with E-state index in [4.69, 9.17) is 4.74 Å². The van der Waals surface area contributed by atoms with Gasteiger partial charge in [-0.3, -0.25) is 9.79 Å². The molecule has 3 rings (SSSR count). The summed E-state index contributed by atoms with van der Waals surface area (Å²) in [6, 6.07) is 13.9. The van der Waals surface area contributed by atoms with Crippen molar-refractivity contribution in [3.8, 4) is 5.75 Å². The van der Waals surface area contributed by atoms with Crippen LogP contribution in [-0.2, 0) is 4.79 Å². The summed E-state index contributed by atoms with van der Waals surface area (Å²) in [5.41, 5.74) is 1.11. The van der Waals surface area contributed by atoms with E-state index in [1.54, 1.807) is 13.2 Å². The second-order valence-corrected chi connectivity index (χ2v) is 7.88. The van der Waals surface area contributed by atoms with Crippen molar-refractivity contribution in [3.63, 3.8) is 0 Å². The van der Waals surface area contributed by atoms with E-state index < -0.39 is 0 Å². The zero-order valence-corrected chi connectivity index (χ0v) is 19.3. The molecule has 2 aromatic rings. The van der Waals surface area contributed by atoms with Gasteiger partial charge in [0.05, 0.1) is 6.54 Å². The van der Waals surface area contributed by atoms with Crippen LogP contribution in [0, 0.1) is 6.92 Å². The lowest BCUT2D eigenvalue weighted by atomic mass is 10.2. The Bertz CT molecular complexity index is 881. The highest BCUT2D eigenvalue weighted by Crippen LogP contribution is 2.17. The van der Waals surface area contributed by atoms with E-state index in [1.165, 1.54) is 0 Å². The summed E-state index contributed by atoms with van der Waals surface area (Å²) >= 11 is 0. The lowest BCUT2D eigenvalue weighted by molar-refractivity contribution is -0.131. The van der Waals surface area contributed by atoms with E-state index in [0.717, 1.165) is 43.3 Å². The number of carbonyl (C=O) groups is 1. The Kier molecular flexibility index (Phi) is 8.71. The molecule has 1 aromatic carbocycles. The highest BCUT2D eigenvalue weighted by atomic mass is 16.5. The van der Waals surface area contributed by atoms with Gasteiger partial charge in [-0.05, 0) is 37.6 Å². The number of benzene rings is 1. The molecule has 2 N–H and O–H groups in total. The van der Waals surface area contributed by atoms with Gasteiger partial charge in [0.1, 0.15) is 17.7 Å². The molecular formula is C24H34N6O2. The van der Waals surface area contributed by atoms with Crippen molar-refractivity contribution in [2.45, 2.75) is 26.4 Å². The zero-order valence-electron chi connectivity index (χ0n) is 19.3. The highest BCUT2D eigenvalue weighted by molar-refractivity contribution is 5.81. The number of pyridine rings is 1. The van der Waals surface area contributed by atoms with E-state index in [9.17, 15) is 4.79 Å². The number of carbonyl (C=O) groups excluding carboxylic acids is 1. The molecule has 2 heterocycles. The quantitative estimate of drug-likeness (QED) is 0.485. The Morgan fingerprint density at radius 3 is 2.56 bits per heavy atom. The molecule has 1 unspecified atom stereocenters. The SMILES string of the molecule is CN=C(NCCC(=O)N1CCN(c2ccccn2)CC1)NCC(C)Oc1ccccc1C. The number of anilines is 1. The van der Waals surface area contributed by atoms with Crippen molar-refractivity contribution < 1.29 is 9.53 Å². The van der Waals surface area contributed by atoms with Crippen LogP contribution in [0.25, 0.3) is 0 Å². The monoisotopic (exact) mass is 438 g/mol. The van der Waals surface area contributed by atoms with Gasteiger partial charge in [0, 0.05) is 52.4 Å². The normalized spacial score (nSPS) is 15.3. The Labute approximate surface area is 190 Å². The van der Waals surface area contributed by atoms with Gasteiger partial charge in [-0.15, -0.1) is 0 Å². The van der Waals surface area contributed by atoms with Crippen molar-refractivity contribution in [1.29, 1.82) is 0 Å². The number of rotatable bonds is 8. The maximum absolute atomic E-state index is 12.6. The molecule has 8 nitrogen and oxygen atoms in total. The molecule has 0 bridgehead atoms. The number of ether oxygens (including phenoxy) is 1. The molecule has 1 atom stereocenters. The van der Waals surface area contributed by atoms with Crippen LogP contribution in [0.5, 0.6) is 5.75 Å². The molecule has 1 fully saturated rings. The Morgan fingerprint density at radius 2 is 1.88 bits per heavy atom. The molecule has 172 valence electrons. The van der Waals surface area contributed by atoms with Gasteiger partial charge in [0.25, 0.3) is 0 Å². The average Bonchev–Trinajstić information content (AvgIpc) is 2.83. The molecule has 1 amide bonds. The molecule has 8 heteroatoms. The molecule has 0 spiro atoms. The Balaban J connectivity index is 1.34. The van der Waals surface area contributed by atoms with Gasteiger partial charge >= 0.3 is 0 Å². The summed E-state index contributed by atoms with van der Waals surface area (Å²) in [6.45, 7) is 8.23. The number of hydrogen-bond donors (Lipinski definition) is 2. The third kappa shape index (κ3) is 6.87. The lowest BCUT2D eigenvalue weighted by Gasteiger charge is -2.35. The highest BCUT2D eigenvalue weighted by Gasteiger charge is 2.21. The predicted octanol–water partition coefficient (Wildman–Crippen LogP) is 2.06. The molecule has 1 aromatic heterocycles. The van der Waals surface area contributed by atoms with Crippen LogP contribution in [0.1, 0.15) is 18.9 Å². The maximum Gasteiger partial charge on any atom is 0.224 e. The molecule has 1 aliphatic rings. The van der Waals surface area contributed by atoms with Gasteiger partial charge in [-0.2, -0.15) is 0 Å². The third-order valence-corrected chi connectivity index (χ3v) is 5.44. The van der Waals surface area contributed by atoms with Crippen LogP contribution in [0.2, 0.25) is 0 Å². The lowest BCUT2D eigenvalue weighted by Crippen LogP contribution is -2.49. The summed E-state index contributed by atoms with van der Waals surface area (Å²) in [6.07, 6.45) is 2.21. The third-order valence-electron chi connectivity index (χ3n) is 5.44. The zero-order chi connectivity index (χ0) is 22.8. The first-order chi connectivity index (χ1) is 15.6. The summed E-state index contributed by atoms with van der Waals surface area (Å²) in [7, 11) is 1.72. The van der Waals surface area contributed by atoms with Gasteiger partial charge < -0.3 is 25.2 Å². The first-order valence-corrected chi connectivity index (χ1v) is 11.2. The van der Waals surface area contributed by atoms with Crippen molar-refractivity contribution >= 4 is 17.7 Å². The molecule has 1 aliphatic heterocycles. The molecule has 1 saturated heterocycles. The van der Waals surface area contributed by atoms with Crippen molar-refractivity contribution in [1.82, 2.24) is 20.5 Å². The Hall–Kier alpha value is -3.29. The van der Waals surface area contributed by atoms with Crippen LogP contribution in [0.4, 0.5) is 5.82 Å². The molecule has 32 heavy (non-hydrogen) atoms. The number of nitrogens with one attached hydrogen (secondary N) is 2. The number of aryl methyl sites for hydroxylation is 1. The second-order valence-electron chi connectivity index (χ2n) is 7.88. The molecular weight excluding hydrogens is 404 g/mol. The number of aromatic nitrogens is 1. The van der Waals surface area contributed by atoms with Crippen LogP contribution in [0.3, 0.4) is 0 Å². The number of guanidine groups is 1. The van der Waals surface area contributed by atoms with Crippen molar-refractivity contribution in [3.05, 3.63) is 54.2 Å². The molecule has 0 radical (unpaired) electrons. The van der Waals surface area contributed by atoms with Gasteiger partial charge in [0.15, 0.2) is 5.96 Å². The first kappa shape index (κ1) is 23.4. The standard InChI is InChI=1S/C24H34N6O2/c1-19-8-4-5-9-21(19)32-20(2)18-28-24(25-3)27-13-11-23(31)30-16-14-29(15-17-30)22-10-6-7-12-26-22/h4-10,12,20H,11,13-18H2,1-3H3,(H2,25,27,28). The van der Waals surface area contributed by atoms with Gasteiger partial charge in [0.2, 0.25) is 5.91 Å². The predicted molar refractivity (Wildman–Crippen MR) is 128 cm³/mol. The minimum Gasteiger partial charge on any atom is -0.489 e. The second kappa shape index (κ2) is 11.9. The largest absolute Gasteiger partial charge is 0.489 e. The van der Waals surface area contributed by atoms with E-state index in [2.05, 4.69) is 25.5 Å². The number of para-hydroxylation sites is 1. The fraction of sp³-hybridized carbons (Fsp3) is 0.458. The van der Waals surface area contributed by atoms with E-state index in [0.29, 0.717) is 25.5 Å². The minimum atomic E-state index is -0.0216. The molecule has 0 saturated carbocycles. The van der Waals surface area contributed by atoms with Crippen LogP contribution >= 0.6 is 0 Å². The fourth-order valence-electron chi connectivity index (χ4n) is 3.58.